The maximum absolute atomic E-state index is 13.1. The molecular formula is C22H23FNO3+. The van der Waals surface area contributed by atoms with Gasteiger partial charge in [0, 0.05) is 0 Å². The lowest BCUT2D eigenvalue weighted by Gasteiger charge is -2.30. The van der Waals surface area contributed by atoms with Gasteiger partial charge in [0.05, 0.1) is 23.7 Å². The average molecular weight is 368 g/mol. The number of quaternary nitrogens is 1. The van der Waals surface area contributed by atoms with E-state index < -0.39 is 0 Å². The summed E-state index contributed by atoms with van der Waals surface area (Å²) < 4.78 is 19.0. The van der Waals surface area contributed by atoms with Gasteiger partial charge in [-0.3, -0.25) is 4.79 Å². The van der Waals surface area contributed by atoms with Gasteiger partial charge in [-0.25, -0.2) is 4.39 Å². The van der Waals surface area contributed by atoms with Crippen LogP contribution in [0.25, 0.3) is 6.08 Å². The molecule has 0 radical (unpaired) electrons. The number of carbonyl (C=O) groups is 1. The largest absolute Gasteiger partial charge is 0.507 e. The Morgan fingerprint density at radius 1 is 1.22 bits per heavy atom. The third-order valence-corrected chi connectivity index (χ3v) is 5.57. The van der Waals surface area contributed by atoms with Crippen molar-refractivity contribution in [2.24, 2.45) is 0 Å². The van der Waals surface area contributed by atoms with E-state index in [1.54, 1.807) is 30.3 Å². The van der Waals surface area contributed by atoms with E-state index in [4.69, 9.17) is 4.74 Å². The lowest BCUT2D eigenvalue weighted by molar-refractivity contribution is -0.941. The van der Waals surface area contributed by atoms with E-state index in [2.05, 4.69) is 6.92 Å². The summed E-state index contributed by atoms with van der Waals surface area (Å²) in [4.78, 5) is 14.1. The van der Waals surface area contributed by atoms with E-state index in [0.29, 0.717) is 35.0 Å². The maximum Gasteiger partial charge on any atom is 0.231 e. The predicted molar refractivity (Wildman–Crippen MR) is 100 cm³/mol. The second-order valence-electron chi connectivity index (χ2n) is 7.41. The lowest BCUT2D eigenvalue weighted by Crippen LogP contribution is -3.14. The van der Waals surface area contributed by atoms with Crippen LogP contribution < -0.4 is 9.64 Å². The molecule has 2 N–H and O–H groups in total. The third-order valence-electron chi connectivity index (χ3n) is 5.57. The van der Waals surface area contributed by atoms with Crippen LogP contribution in [-0.4, -0.2) is 23.5 Å². The number of allylic oxidation sites excluding steroid dienone is 1. The molecule has 4 rings (SSSR count). The van der Waals surface area contributed by atoms with E-state index in [0.717, 1.165) is 6.54 Å². The first-order valence-electron chi connectivity index (χ1n) is 9.42. The number of halogens is 1. The zero-order valence-corrected chi connectivity index (χ0v) is 15.3. The number of aromatic hydroxyl groups is 1. The van der Waals surface area contributed by atoms with Gasteiger partial charge in [0.2, 0.25) is 5.78 Å². The molecule has 0 saturated carbocycles. The normalized spacial score (nSPS) is 23.3. The molecule has 1 unspecified atom stereocenters. The van der Waals surface area contributed by atoms with Crippen LogP contribution in [-0.2, 0) is 6.54 Å². The molecule has 1 saturated heterocycles. The van der Waals surface area contributed by atoms with Gasteiger partial charge in [-0.05, 0) is 62.1 Å². The van der Waals surface area contributed by atoms with Crippen molar-refractivity contribution >= 4 is 11.9 Å². The van der Waals surface area contributed by atoms with Crippen LogP contribution in [0.5, 0.6) is 11.5 Å². The highest BCUT2D eigenvalue weighted by Gasteiger charge is 2.33. The zero-order chi connectivity index (χ0) is 19.0. The molecule has 27 heavy (non-hydrogen) atoms. The SMILES string of the molecule is C[C@H]1CCCC[NH+]1Cc1c(O)ccc2c1O/C(=C\c1ccc(F)cc1)C2=O. The van der Waals surface area contributed by atoms with Crippen LogP contribution >= 0.6 is 0 Å². The van der Waals surface area contributed by atoms with Crippen molar-refractivity contribution in [2.45, 2.75) is 38.8 Å². The van der Waals surface area contributed by atoms with Crippen molar-refractivity contribution in [3.63, 3.8) is 0 Å². The number of nitrogens with one attached hydrogen (secondary N) is 1. The first-order valence-corrected chi connectivity index (χ1v) is 9.42. The second-order valence-corrected chi connectivity index (χ2v) is 7.41. The second kappa shape index (κ2) is 7.16. The van der Waals surface area contributed by atoms with Crippen LogP contribution in [0.15, 0.2) is 42.2 Å². The molecule has 0 aliphatic carbocycles. The highest BCUT2D eigenvalue weighted by molar-refractivity contribution is 6.14. The molecule has 2 aliphatic rings. The molecule has 5 heteroatoms. The van der Waals surface area contributed by atoms with Gasteiger partial charge in [-0.15, -0.1) is 0 Å². The Morgan fingerprint density at radius 3 is 2.74 bits per heavy atom. The molecule has 2 aliphatic heterocycles. The van der Waals surface area contributed by atoms with Gasteiger partial charge in [-0.2, -0.15) is 0 Å². The molecule has 2 atom stereocenters. The number of likely N-dealkylation sites (tertiary alicyclic amines) is 1. The van der Waals surface area contributed by atoms with Gasteiger partial charge in [0.25, 0.3) is 0 Å². The maximum atomic E-state index is 13.1. The number of fused-ring (bicyclic) bond motifs is 1. The monoisotopic (exact) mass is 368 g/mol. The van der Waals surface area contributed by atoms with E-state index in [-0.39, 0.29) is 23.1 Å². The van der Waals surface area contributed by atoms with Crippen LogP contribution in [0, 0.1) is 5.82 Å². The zero-order valence-electron chi connectivity index (χ0n) is 15.3. The van der Waals surface area contributed by atoms with Crippen LogP contribution in [0.2, 0.25) is 0 Å². The number of benzene rings is 2. The number of hydrogen-bond acceptors (Lipinski definition) is 3. The van der Waals surface area contributed by atoms with E-state index >= 15 is 0 Å². The number of phenols is 1. The van der Waals surface area contributed by atoms with Crippen molar-refractivity contribution in [3.05, 3.63) is 64.7 Å². The lowest BCUT2D eigenvalue weighted by atomic mass is 10.0. The number of phenolic OH excluding ortho intramolecular Hbond substituents is 1. The standard InChI is InChI=1S/C22H22FNO3/c1-14-4-2-3-11-24(14)13-18-19(25)10-9-17-21(26)20(27-22(17)18)12-15-5-7-16(23)8-6-15/h5-10,12,14,25H,2-4,11,13H2,1H3/p+1/b20-12-/t14-/m0/s1. The Kier molecular flexibility index (Phi) is 4.70. The molecule has 0 bridgehead atoms. The Bertz CT molecular complexity index is 905. The van der Waals surface area contributed by atoms with Crippen LogP contribution in [0.3, 0.4) is 0 Å². The molecule has 4 nitrogen and oxygen atoms in total. The fourth-order valence-electron chi connectivity index (χ4n) is 3.92. The predicted octanol–water partition coefficient (Wildman–Crippen LogP) is 3.10. The van der Waals surface area contributed by atoms with Crippen LogP contribution in [0.4, 0.5) is 4.39 Å². The Hall–Kier alpha value is -2.66. The summed E-state index contributed by atoms with van der Waals surface area (Å²) in [5.41, 5.74) is 1.85. The molecule has 0 amide bonds. The first-order chi connectivity index (χ1) is 13.0. The smallest absolute Gasteiger partial charge is 0.231 e. The van der Waals surface area contributed by atoms with Gasteiger partial charge in [0.1, 0.15) is 18.1 Å². The van der Waals surface area contributed by atoms with Crippen molar-refractivity contribution in [1.29, 1.82) is 0 Å². The van der Waals surface area contributed by atoms with E-state index in [1.165, 1.54) is 36.3 Å². The highest BCUT2D eigenvalue weighted by Crippen LogP contribution is 2.39. The molecule has 1 fully saturated rings. The van der Waals surface area contributed by atoms with Crippen molar-refractivity contribution < 1.29 is 23.9 Å². The highest BCUT2D eigenvalue weighted by atomic mass is 19.1. The summed E-state index contributed by atoms with van der Waals surface area (Å²) in [5.74, 6) is 0.279. The molecular weight excluding hydrogens is 345 g/mol. The Labute approximate surface area is 157 Å². The summed E-state index contributed by atoms with van der Waals surface area (Å²) in [6.45, 7) is 3.91. The number of hydrogen-bond donors (Lipinski definition) is 2. The summed E-state index contributed by atoms with van der Waals surface area (Å²) in [7, 11) is 0. The molecule has 2 aromatic rings. The number of piperidine rings is 1. The Morgan fingerprint density at radius 2 is 2.00 bits per heavy atom. The number of ether oxygens (including phenoxy) is 1. The third kappa shape index (κ3) is 3.47. The van der Waals surface area contributed by atoms with E-state index in [9.17, 15) is 14.3 Å². The quantitative estimate of drug-likeness (QED) is 0.819. The van der Waals surface area contributed by atoms with Crippen LogP contribution in [0.1, 0.15) is 47.7 Å². The van der Waals surface area contributed by atoms with Gasteiger partial charge >= 0.3 is 0 Å². The van der Waals surface area contributed by atoms with E-state index in [1.807, 2.05) is 0 Å². The summed E-state index contributed by atoms with van der Waals surface area (Å²) in [6.07, 6.45) is 5.19. The van der Waals surface area contributed by atoms with Gasteiger partial charge in [-0.1, -0.05) is 12.1 Å². The number of carbonyl (C=O) groups excluding carboxylic acids is 1. The molecule has 0 aromatic heterocycles. The molecule has 140 valence electrons. The van der Waals surface area contributed by atoms with Crippen molar-refractivity contribution in [2.75, 3.05) is 6.54 Å². The average Bonchev–Trinajstić information content (AvgIpc) is 2.97. The van der Waals surface area contributed by atoms with Crippen molar-refractivity contribution in [1.82, 2.24) is 0 Å². The van der Waals surface area contributed by atoms with Gasteiger partial charge < -0.3 is 14.7 Å². The Balaban J connectivity index is 1.65. The first kappa shape index (κ1) is 17.7. The summed E-state index contributed by atoms with van der Waals surface area (Å²) >= 11 is 0. The fraction of sp³-hybridized carbons (Fsp3) is 0.318. The number of Topliss-reactive ketones (excluding diaryl/α,β-unsaturated/α-hetero) is 1. The minimum Gasteiger partial charge on any atom is -0.507 e. The van der Waals surface area contributed by atoms with Gasteiger partial charge in [0.15, 0.2) is 11.5 Å². The molecule has 2 heterocycles. The number of rotatable bonds is 3. The number of ketones is 1. The molecule has 2 aromatic carbocycles. The molecule has 0 spiro atoms. The fourth-order valence-corrected chi connectivity index (χ4v) is 3.92. The topological polar surface area (TPSA) is 51.0 Å². The van der Waals surface area contributed by atoms with Crippen molar-refractivity contribution in [3.8, 4) is 11.5 Å². The minimum absolute atomic E-state index is 0.162. The minimum atomic E-state index is -0.329. The summed E-state index contributed by atoms with van der Waals surface area (Å²) in [5, 5.41) is 10.4. The summed E-state index contributed by atoms with van der Waals surface area (Å²) in [6, 6.07) is 9.58.